The van der Waals surface area contributed by atoms with E-state index < -0.39 is 0 Å². The molecule has 0 atom stereocenters. The molecule has 6 nitrogen and oxygen atoms in total. The van der Waals surface area contributed by atoms with Crippen LogP contribution in [0.2, 0.25) is 0 Å². The summed E-state index contributed by atoms with van der Waals surface area (Å²) in [5, 5.41) is 4.19. The minimum Gasteiger partial charge on any atom is -0.381 e. The van der Waals surface area contributed by atoms with Gasteiger partial charge in [-0.05, 0) is 30.1 Å². The van der Waals surface area contributed by atoms with Crippen LogP contribution in [-0.2, 0) is 9.47 Å². The number of benzene rings is 1. The van der Waals surface area contributed by atoms with Crippen molar-refractivity contribution in [2.24, 2.45) is 5.41 Å². The molecule has 0 amide bonds. The van der Waals surface area contributed by atoms with Crippen molar-refractivity contribution in [2.75, 3.05) is 44.4 Å². The number of nitrogens with zero attached hydrogens (tertiary/aromatic N) is 3. The first-order valence-corrected chi connectivity index (χ1v) is 8.14. The van der Waals surface area contributed by atoms with Crippen LogP contribution in [0.4, 0.5) is 5.95 Å². The Morgan fingerprint density at radius 2 is 1.83 bits per heavy atom. The van der Waals surface area contributed by atoms with E-state index in [4.69, 9.17) is 14.0 Å². The predicted octanol–water partition coefficient (Wildman–Crippen LogP) is 2.37. The van der Waals surface area contributed by atoms with E-state index in [1.807, 2.05) is 30.3 Å². The van der Waals surface area contributed by atoms with Gasteiger partial charge in [0.2, 0.25) is 0 Å². The number of rotatable bonds is 2. The van der Waals surface area contributed by atoms with Crippen LogP contribution >= 0.6 is 0 Å². The standard InChI is InChI=1S/C17H21N3O3/c1-2-4-14(5-3-1)15-18-16(19-23-15)20-8-11-22-13-17(12-20)6-9-21-10-7-17/h1-5H,6-13H2. The Balaban J connectivity index is 1.56. The van der Waals surface area contributed by atoms with Gasteiger partial charge in [-0.3, -0.25) is 0 Å². The molecule has 1 aromatic heterocycles. The predicted molar refractivity (Wildman–Crippen MR) is 85.3 cm³/mol. The summed E-state index contributed by atoms with van der Waals surface area (Å²) in [5.41, 5.74) is 1.08. The summed E-state index contributed by atoms with van der Waals surface area (Å²) in [7, 11) is 0. The Kier molecular flexibility index (Phi) is 4.01. The zero-order chi connectivity index (χ0) is 15.5. The summed E-state index contributed by atoms with van der Waals surface area (Å²) in [6.45, 7) is 4.77. The van der Waals surface area contributed by atoms with E-state index in [-0.39, 0.29) is 5.41 Å². The third-order valence-corrected chi connectivity index (χ3v) is 4.71. The third-order valence-electron chi connectivity index (χ3n) is 4.71. The average Bonchev–Trinajstić information content (AvgIpc) is 3.01. The normalized spacial score (nSPS) is 21.3. The van der Waals surface area contributed by atoms with Crippen molar-refractivity contribution < 1.29 is 14.0 Å². The minimum atomic E-state index is 0.141. The minimum absolute atomic E-state index is 0.141. The molecule has 2 saturated heterocycles. The average molecular weight is 315 g/mol. The number of hydrogen-bond acceptors (Lipinski definition) is 6. The second kappa shape index (κ2) is 6.29. The Bertz CT molecular complexity index is 638. The summed E-state index contributed by atoms with van der Waals surface area (Å²) < 4.78 is 16.8. The van der Waals surface area contributed by atoms with Gasteiger partial charge in [0.1, 0.15) is 0 Å². The van der Waals surface area contributed by atoms with E-state index >= 15 is 0 Å². The Labute approximate surface area is 135 Å². The van der Waals surface area contributed by atoms with Crippen molar-refractivity contribution in [1.29, 1.82) is 0 Å². The van der Waals surface area contributed by atoms with Gasteiger partial charge in [-0.1, -0.05) is 18.2 Å². The van der Waals surface area contributed by atoms with Crippen molar-refractivity contribution in [3.8, 4) is 11.5 Å². The SMILES string of the molecule is c1ccc(-c2nc(N3CCOCC4(CCOCC4)C3)no2)cc1. The van der Waals surface area contributed by atoms with Crippen LogP contribution in [0, 0.1) is 5.41 Å². The maximum absolute atomic E-state index is 5.85. The molecule has 0 aliphatic carbocycles. The fourth-order valence-electron chi connectivity index (χ4n) is 3.31. The molecule has 0 radical (unpaired) electrons. The fourth-order valence-corrected chi connectivity index (χ4v) is 3.31. The van der Waals surface area contributed by atoms with Crippen LogP contribution in [0.25, 0.3) is 11.5 Å². The van der Waals surface area contributed by atoms with Crippen molar-refractivity contribution >= 4 is 5.95 Å². The van der Waals surface area contributed by atoms with Crippen molar-refractivity contribution in [2.45, 2.75) is 12.8 Å². The van der Waals surface area contributed by atoms with Gasteiger partial charge in [0, 0.05) is 37.3 Å². The molecular formula is C17H21N3O3. The Morgan fingerprint density at radius 3 is 2.65 bits per heavy atom. The first-order chi connectivity index (χ1) is 11.3. The van der Waals surface area contributed by atoms with E-state index in [1.165, 1.54) is 0 Å². The van der Waals surface area contributed by atoms with Gasteiger partial charge in [-0.15, -0.1) is 0 Å². The molecule has 0 unspecified atom stereocenters. The molecule has 23 heavy (non-hydrogen) atoms. The lowest BCUT2D eigenvalue weighted by Gasteiger charge is -2.37. The van der Waals surface area contributed by atoms with Gasteiger partial charge in [0.25, 0.3) is 11.8 Å². The van der Waals surface area contributed by atoms with Crippen LogP contribution in [0.15, 0.2) is 34.9 Å². The van der Waals surface area contributed by atoms with E-state index in [0.717, 1.165) is 51.3 Å². The Hall–Kier alpha value is -1.92. The van der Waals surface area contributed by atoms with Gasteiger partial charge in [0.15, 0.2) is 0 Å². The zero-order valence-electron chi connectivity index (χ0n) is 13.1. The molecule has 2 aliphatic heterocycles. The fraction of sp³-hybridized carbons (Fsp3) is 0.529. The zero-order valence-corrected chi connectivity index (χ0v) is 13.1. The summed E-state index contributed by atoms with van der Waals surface area (Å²) in [6.07, 6.45) is 2.04. The number of hydrogen-bond donors (Lipinski definition) is 0. The highest BCUT2D eigenvalue weighted by molar-refractivity contribution is 5.54. The van der Waals surface area contributed by atoms with Crippen molar-refractivity contribution in [1.82, 2.24) is 10.1 Å². The first kappa shape index (κ1) is 14.7. The lowest BCUT2D eigenvalue weighted by Crippen LogP contribution is -2.42. The monoisotopic (exact) mass is 315 g/mol. The second-order valence-corrected chi connectivity index (χ2v) is 6.35. The van der Waals surface area contributed by atoms with Gasteiger partial charge < -0.3 is 18.9 Å². The van der Waals surface area contributed by atoms with Crippen molar-refractivity contribution in [3.63, 3.8) is 0 Å². The molecule has 122 valence electrons. The molecule has 4 rings (SSSR count). The van der Waals surface area contributed by atoms with Crippen LogP contribution in [-0.4, -0.2) is 49.7 Å². The molecule has 0 saturated carbocycles. The molecule has 0 bridgehead atoms. The largest absolute Gasteiger partial charge is 0.381 e. The van der Waals surface area contributed by atoms with Crippen LogP contribution in [0.1, 0.15) is 12.8 Å². The van der Waals surface area contributed by atoms with Crippen LogP contribution in [0.5, 0.6) is 0 Å². The molecule has 6 heteroatoms. The molecule has 2 aromatic rings. The molecule has 1 spiro atoms. The number of aromatic nitrogens is 2. The summed E-state index contributed by atoms with van der Waals surface area (Å²) in [5.74, 6) is 1.21. The second-order valence-electron chi connectivity index (χ2n) is 6.35. The third kappa shape index (κ3) is 3.09. The first-order valence-electron chi connectivity index (χ1n) is 8.14. The molecule has 2 fully saturated rings. The molecule has 3 heterocycles. The topological polar surface area (TPSA) is 60.6 Å². The maximum atomic E-state index is 5.85. The maximum Gasteiger partial charge on any atom is 0.266 e. The van der Waals surface area contributed by atoms with Gasteiger partial charge in [-0.25, -0.2) is 0 Å². The quantitative estimate of drug-likeness (QED) is 0.848. The molecule has 2 aliphatic rings. The summed E-state index contributed by atoms with van der Waals surface area (Å²) >= 11 is 0. The summed E-state index contributed by atoms with van der Waals surface area (Å²) in [6, 6.07) is 9.86. The number of anilines is 1. The molecular weight excluding hydrogens is 294 g/mol. The molecule has 1 aromatic carbocycles. The number of ether oxygens (including phenoxy) is 2. The van der Waals surface area contributed by atoms with Gasteiger partial charge in [0.05, 0.1) is 13.2 Å². The highest BCUT2D eigenvalue weighted by atomic mass is 16.5. The van der Waals surface area contributed by atoms with Crippen LogP contribution in [0.3, 0.4) is 0 Å². The lowest BCUT2D eigenvalue weighted by molar-refractivity contribution is -0.0241. The van der Waals surface area contributed by atoms with E-state index in [0.29, 0.717) is 18.4 Å². The summed E-state index contributed by atoms with van der Waals surface area (Å²) in [4.78, 5) is 6.77. The van der Waals surface area contributed by atoms with Crippen molar-refractivity contribution in [3.05, 3.63) is 30.3 Å². The van der Waals surface area contributed by atoms with E-state index in [2.05, 4.69) is 15.0 Å². The van der Waals surface area contributed by atoms with Crippen LogP contribution < -0.4 is 4.90 Å². The molecule has 0 N–H and O–H groups in total. The van der Waals surface area contributed by atoms with E-state index in [9.17, 15) is 0 Å². The highest BCUT2D eigenvalue weighted by Crippen LogP contribution is 2.34. The lowest BCUT2D eigenvalue weighted by atomic mass is 9.80. The smallest absolute Gasteiger partial charge is 0.266 e. The van der Waals surface area contributed by atoms with Gasteiger partial charge >= 0.3 is 0 Å². The Morgan fingerprint density at radius 1 is 1.00 bits per heavy atom. The highest BCUT2D eigenvalue weighted by Gasteiger charge is 2.37. The van der Waals surface area contributed by atoms with E-state index in [1.54, 1.807) is 0 Å². The van der Waals surface area contributed by atoms with Gasteiger partial charge in [-0.2, -0.15) is 4.98 Å².